The van der Waals surface area contributed by atoms with Crippen LogP contribution in [-0.4, -0.2) is 29.1 Å². The van der Waals surface area contributed by atoms with E-state index in [2.05, 4.69) is 26.2 Å². The van der Waals surface area contributed by atoms with E-state index in [4.69, 9.17) is 5.11 Å². The van der Waals surface area contributed by atoms with Crippen LogP contribution in [0.5, 0.6) is 0 Å². The van der Waals surface area contributed by atoms with E-state index < -0.39 is 5.97 Å². The number of hydrogen-bond acceptors (Lipinski definition) is 3. The summed E-state index contributed by atoms with van der Waals surface area (Å²) in [6, 6.07) is 3.76. The zero-order valence-corrected chi connectivity index (χ0v) is 9.57. The molecule has 1 saturated heterocycles. The molecule has 1 aliphatic heterocycles. The molecule has 0 aromatic carbocycles. The summed E-state index contributed by atoms with van der Waals surface area (Å²) in [5, 5.41) is 12.1. The zero-order valence-electron chi connectivity index (χ0n) is 7.98. The fraction of sp³-hybridized carbons (Fsp3) is 0.400. The zero-order chi connectivity index (χ0) is 10.8. The molecule has 0 saturated carbocycles. The van der Waals surface area contributed by atoms with Crippen molar-refractivity contribution in [1.29, 1.82) is 0 Å². The van der Waals surface area contributed by atoms with E-state index in [-0.39, 0.29) is 11.8 Å². The van der Waals surface area contributed by atoms with Crippen molar-refractivity contribution in [3.8, 4) is 0 Å². The first-order chi connectivity index (χ1) is 7.18. The summed E-state index contributed by atoms with van der Waals surface area (Å²) in [6.07, 6.45) is 1.73. The van der Waals surface area contributed by atoms with Crippen molar-refractivity contribution in [2.45, 2.75) is 5.92 Å². The first-order valence-corrected chi connectivity index (χ1v) is 5.53. The Morgan fingerprint density at radius 3 is 2.93 bits per heavy atom. The molecule has 0 bridgehead atoms. The fourth-order valence-corrected chi connectivity index (χ4v) is 2.13. The van der Waals surface area contributed by atoms with Gasteiger partial charge in [-0.3, -0.25) is 4.79 Å². The number of nitrogens with zero attached hydrogens (tertiary/aromatic N) is 1. The lowest BCUT2D eigenvalue weighted by atomic mass is 9.90. The van der Waals surface area contributed by atoms with Gasteiger partial charge in [-0.05, 0) is 27.6 Å². The first-order valence-electron chi connectivity index (χ1n) is 4.73. The van der Waals surface area contributed by atoms with E-state index in [9.17, 15) is 4.79 Å². The summed E-state index contributed by atoms with van der Waals surface area (Å²) >= 11 is 3.26. The smallest absolute Gasteiger partial charge is 0.308 e. The summed E-state index contributed by atoms with van der Waals surface area (Å²) in [4.78, 5) is 15.1. The van der Waals surface area contributed by atoms with Crippen LogP contribution in [0, 0.1) is 5.92 Å². The molecular formula is C10H11BrN2O2. The van der Waals surface area contributed by atoms with Gasteiger partial charge in [0.1, 0.15) is 4.60 Å². The van der Waals surface area contributed by atoms with Gasteiger partial charge >= 0.3 is 5.97 Å². The van der Waals surface area contributed by atoms with Gasteiger partial charge in [-0.1, -0.05) is 6.07 Å². The van der Waals surface area contributed by atoms with Crippen LogP contribution in [0.4, 0.5) is 0 Å². The quantitative estimate of drug-likeness (QED) is 0.794. The Balaban J connectivity index is 2.22. The molecule has 1 aromatic heterocycles. The Morgan fingerprint density at radius 1 is 1.53 bits per heavy atom. The molecule has 0 spiro atoms. The van der Waals surface area contributed by atoms with Gasteiger partial charge in [-0.15, -0.1) is 0 Å². The van der Waals surface area contributed by atoms with Crippen molar-refractivity contribution >= 4 is 21.9 Å². The van der Waals surface area contributed by atoms with Crippen LogP contribution in [0.3, 0.4) is 0 Å². The second-order valence-electron chi connectivity index (χ2n) is 3.62. The third-order valence-electron chi connectivity index (χ3n) is 2.71. The Morgan fingerprint density at radius 2 is 2.33 bits per heavy atom. The lowest BCUT2D eigenvalue weighted by molar-refractivity contribution is -0.141. The molecule has 5 heteroatoms. The van der Waals surface area contributed by atoms with E-state index in [1.807, 2.05) is 12.1 Å². The molecule has 0 aliphatic carbocycles. The highest BCUT2D eigenvalue weighted by Crippen LogP contribution is 2.28. The van der Waals surface area contributed by atoms with Gasteiger partial charge in [0, 0.05) is 25.2 Å². The molecule has 15 heavy (non-hydrogen) atoms. The maximum absolute atomic E-state index is 11.0. The number of nitrogens with one attached hydrogen (secondary N) is 1. The molecule has 1 aliphatic rings. The molecule has 2 unspecified atom stereocenters. The number of aromatic nitrogens is 1. The van der Waals surface area contributed by atoms with Crippen LogP contribution < -0.4 is 5.32 Å². The maximum Gasteiger partial charge on any atom is 0.308 e. The van der Waals surface area contributed by atoms with Gasteiger partial charge in [-0.25, -0.2) is 4.98 Å². The molecule has 0 amide bonds. The second kappa shape index (κ2) is 4.28. The van der Waals surface area contributed by atoms with E-state index in [0.29, 0.717) is 13.1 Å². The number of hydrogen-bond donors (Lipinski definition) is 2. The molecule has 1 fully saturated rings. The van der Waals surface area contributed by atoms with E-state index in [1.54, 1.807) is 6.20 Å². The number of halogens is 1. The second-order valence-corrected chi connectivity index (χ2v) is 4.44. The van der Waals surface area contributed by atoms with Crippen LogP contribution in [0.2, 0.25) is 0 Å². The minimum Gasteiger partial charge on any atom is -0.481 e. The lowest BCUT2D eigenvalue weighted by Gasteiger charge is -2.14. The molecule has 4 nitrogen and oxygen atoms in total. The first kappa shape index (κ1) is 10.6. The average molecular weight is 271 g/mol. The Kier molecular flexibility index (Phi) is 3.02. The van der Waals surface area contributed by atoms with Crippen molar-refractivity contribution in [2.75, 3.05) is 13.1 Å². The molecule has 2 rings (SSSR count). The molecule has 1 aromatic rings. The summed E-state index contributed by atoms with van der Waals surface area (Å²) < 4.78 is 0.768. The van der Waals surface area contributed by atoms with Crippen LogP contribution >= 0.6 is 15.9 Å². The summed E-state index contributed by atoms with van der Waals surface area (Å²) in [5.41, 5.74) is 0.982. The molecular weight excluding hydrogens is 260 g/mol. The van der Waals surface area contributed by atoms with Crippen molar-refractivity contribution in [3.05, 3.63) is 28.5 Å². The van der Waals surface area contributed by atoms with Crippen LogP contribution in [0.25, 0.3) is 0 Å². The van der Waals surface area contributed by atoms with Crippen LogP contribution in [-0.2, 0) is 4.79 Å². The van der Waals surface area contributed by atoms with Crippen molar-refractivity contribution in [1.82, 2.24) is 10.3 Å². The number of aliphatic carboxylic acids is 1. The lowest BCUT2D eigenvalue weighted by Crippen LogP contribution is -2.21. The maximum atomic E-state index is 11.0. The molecule has 2 N–H and O–H groups in total. The van der Waals surface area contributed by atoms with Gasteiger partial charge in [0.05, 0.1) is 5.92 Å². The average Bonchev–Trinajstić information content (AvgIpc) is 2.67. The van der Waals surface area contributed by atoms with Crippen molar-refractivity contribution in [2.24, 2.45) is 5.92 Å². The van der Waals surface area contributed by atoms with Crippen molar-refractivity contribution in [3.63, 3.8) is 0 Å². The highest BCUT2D eigenvalue weighted by molar-refractivity contribution is 9.10. The topological polar surface area (TPSA) is 62.2 Å². The molecule has 80 valence electrons. The van der Waals surface area contributed by atoms with Crippen LogP contribution in [0.1, 0.15) is 11.5 Å². The Labute approximate surface area is 95.8 Å². The van der Waals surface area contributed by atoms with E-state index in [1.165, 1.54) is 0 Å². The number of pyridine rings is 1. The van der Waals surface area contributed by atoms with Crippen LogP contribution in [0.15, 0.2) is 22.9 Å². The number of rotatable bonds is 2. The van der Waals surface area contributed by atoms with Gasteiger partial charge in [0.2, 0.25) is 0 Å². The predicted octanol–water partition coefficient (Wildman–Crippen LogP) is 1.23. The third kappa shape index (κ3) is 2.18. The minimum absolute atomic E-state index is 0.0306. The summed E-state index contributed by atoms with van der Waals surface area (Å²) in [5.74, 6) is -1.05. The largest absolute Gasteiger partial charge is 0.481 e. The SMILES string of the molecule is O=C(O)C1CNCC1c1ccc(Br)nc1. The Bertz CT molecular complexity index is 366. The number of carbonyl (C=O) groups is 1. The van der Waals surface area contributed by atoms with E-state index in [0.717, 1.165) is 10.2 Å². The predicted molar refractivity (Wildman–Crippen MR) is 58.7 cm³/mol. The normalized spacial score (nSPS) is 25.4. The molecule has 2 atom stereocenters. The fourth-order valence-electron chi connectivity index (χ4n) is 1.90. The number of carboxylic acids is 1. The van der Waals surface area contributed by atoms with Crippen molar-refractivity contribution < 1.29 is 9.90 Å². The molecule has 2 heterocycles. The summed E-state index contributed by atoms with van der Waals surface area (Å²) in [7, 11) is 0. The highest BCUT2D eigenvalue weighted by atomic mass is 79.9. The van der Waals surface area contributed by atoms with Gasteiger partial charge < -0.3 is 10.4 Å². The third-order valence-corrected chi connectivity index (χ3v) is 3.18. The van der Waals surface area contributed by atoms with Gasteiger partial charge in [0.15, 0.2) is 0 Å². The minimum atomic E-state index is -0.743. The summed E-state index contributed by atoms with van der Waals surface area (Å²) in [6.45, 7) is 1.25. The van der Waals surface area contributed by atoms with Gasteiger partial charge in [-0.2, -0.15) is 0 Å². The monoisotopic (exact) mass is 270 g/mol. The van der Waals surface area contributed by atoms with Gasteiger partial charge in [0.25, 0.3) is 0 Å². The standard InChI is InChI=1S/C10H11BrN2O2/c11-9-2-1-6(3-13-9)7-4-12-5-8(7)10(14)15/h1-3,7-8,12H,4-5H2,(H,14,15). The molecule has 0 radical (unpaired) electrons. The Hall–Kier alpha value is -0.940. The highest BCUT2D eigenvalue weighted by Gasteiger charge is 2.33. The van der Waals surface area contributed by atoms with E-state index >= 15 is 0 Å². The number of carboxylic acid groups (broad SMARTS) is 1.